The molecule has 0 aromatic rings. The first-order valence-corrected chi connectivity index (χ1v) is 7.43. The summed E-state index contributed by atoms with van der Waals surface area (Å²) < 4.78 is 0. The zero-order valence-electron chi connectivity index (χ0n) is 11.6. The lowest BCUT2D eigenvalue weighted by Gasteiger charge is -2.29. The third kappa shape index (κ3) is 2.05. The van der Waals surface area contributed by atoms with Crippen molar-refractivity contribution in [3.8, 4) is 0 Å². The number of amides is 1. The van der Waals surface area contributed by atoms with Crippen LogP contribution in [-0.4, -0.2) is 53.6 Å². The minimum absolute atomic E-state index is 0.153. The smallest absolute Gasteiger partial charge is 0.244 e. The van der Waals surface area contributed by atoms with E-state index in [1.54, 1.807) is 0 Å². The average Bonchev–Trinajstić information content (AvgIpc) is 2.81. The maximum Gasteiger partial charge on any atom is 0.244 e. The largest absolute Gasteiger partial charge is 0.324 e. The van der Waals surface area contributed by atoms with Crippen LogP contribution in [0.1, 0.15) is 39.5 Å². The highest BCUT2D eigenvalue weighted by Crippen LogP contribution is 2.43. The van der Waals surface area contributed by atoms with Gasteiger partial charge in [-0.25, -0.2) is 0 Å². The van der Waals surface area contributed by atoms with Gasteiger partial charge in [0.2, 0.25) is 5.91 Å². The summed E-state index contributed by atoms with van der Waals surface area (Å²) in [5.41, 5.74) is -0.153. The van der Waals surface area contributed by atoms with E-state index in [2.05, 4.69) is 29.0 Å². The highest BCUT2D eigenvalue weighted by atomic mass is 16.2. The summed E-state index contributed by atoms with van der Waals surface area (Å²) >= 11 is 0. The van der Waals surface area contributed by atoms with E-state index in [1.807, 2.05) is 0 Å². The van der Waals surface area contributed by atoms with Crippen molar-refractivity contribution in [3.63, 3.8) is 0 Å². The van der Waals surface area contributed by atoms with E-state index in [4.69, 9.17) is 0 Å². The van der Waals surface area contributed by atoms with Crippen LogP contribution in [0.5, 0.6) is 0 Å². The maximum absolute atomic E-state index is 12.5. The second kappa shape index (κ2) is 4.49. The van der Waals surface area contributed by atoms with Crippen LogP contribution in [0.25, 0.3) is 0 Å². The molecule has 3 fully saturated rings. The van der Waals surface area contributed by atoms with Crippen LogP contribution in [0, 0.1) is 5.92 Å². The third-order valence-corrected chi connectivity index (χ3v) is 4.67. The Morgan fingerprint density at radius 1 is 1.28 bits per heavy atom. The molecule has 1 atom stereocenters. The summed E-state index contributed by atoms with van der Waals surface area (Å²) in [6.45, 7) is 8.79. The van der Waals surface area contributed by atoms with Gasteiger partial charge in [0.15, 0.2) is 0 Å². The highest BCUT2D eigenvalue weighted by Gasteiger charge is 2.59. The third-order valence-electron chi connectivity index (χ3n) is 4.67. The summed E-state index contributed by atoms with van der Waals surface area (Å²) in [7, 11) is 0. The van der Waals surface area contributed by atoms with Crippen molar-refractivity contribution in [2.75, 3.05) is 26.2 Å². The Kier molecular flexibility index (Phi) is 3.10. The van der Waals surface area contributed by atoms with E-state index in [1.165, 1.54) is 25.9 Å². The number of nitrogens with zero attached hydrogens (tertiary/aromatic N) is 2. The van der Waals surface area contributed by atoms with Crippen molar-refractivity contribution in [2.45, 2.75) is 51.2 Å². The molecule has 1 N–H and O–H groups in total. The van der Waals surface area contributed by atoms with Crippen molar-refractivity contribution >= 4 is 5.91 Å². The van der Waals surface area contributed by atoms with Crippen molar-refractivity contribution < 1.29 is 4.79 Å². The first-order chi connectivity index (χ1) is 8.62. The van der Waals surface area contributed by atoms with Gasteiger partial charge in [-0.2, -0.15) is 0 Å². The minimum atomic E-state index is -0.153. The van der Waals surface area contributed by atoms with Crippen molar-refractivity contribution in [2.24, 2.45) is 5.92 Å². The fourth-order valence-electron chi connectivity index (χ4n) is 3.33. The van der Waals surface area contributed by atoms with Crippen LogP contribution in [0.15, 0.2) is 0 Å². The molecule has 1 unspecified atom stereocenters. The van der Waals surface area contributed by atoms with Gasteiger partial charge in [0, 0.05) is 13.1 Å². The summed E-state index contributed by atoms with van der Waals surface area (Å²) in [6.07, 6.45) is 4.97. The minimum Gasteiger partial charge on any atom is -0.324 e. The van der Waals surface area contributed by atoms with Crippen LogP contribution in [0.3, 0.4) is 0 Å². The normalized spacial score (nSPS) is 30.9. The number of hydrogen-bond acceptors (Lipinski definition) is 3. The molecule has 0 aromatic heterocycles. The zero-order chi connectivity index (χ0) is 12.8. The lowest BCUT2D eigenvalue weighted by Crippen LogP contribution is -2.44. The van der Waals surface area contributed by atoms with E-state index >= 15 is 0 Å². The van der Waals surface area contributed by atoms with Gasteiger partial charge in [-0.1, -0.05) is 13.8 Å². The molecule has 4 heteroatoms. The highest BCUT2D eigenvalue weighted by molar-refractivity contribution is 5.91. The average molecular weight is 251 g/mol. The first kappa shape index (κ1) is 12.4. The molecule has 3 aliphatic rings. The van der Waals surface area contributed by atoms with Crippen LogP contribution in [0.2, 0.25) is 0 Å². The number of carbonyl (C=O) groups excluding carboxylic acids is 1. The Balaban J connectivity index is 1.62. The molecule has 1 aliphatic carbocycles. The van der Waals surface area contributed by atoms with E-state index in [0.717, 1.165) is 25.9 Å². The van der Waals surface area contributed by atoms with Gasteiger partial charge < -0.3 is 9.80 Å². The second-order valence-corrected chi connectivity index (χ2v) is 6.46. The van der Waals surface area contributed by atoms with Gasteiger partial charge >= 0.3 is 0 Å². The Hall–Kier alpha value is -0.610. The molecule has 0 aromatic carbocycles. The summed E-state index contributed by atoms with van der Waals surface area (Å²) in [5, 5.41) is 3.57. The predicted octanol–water partition coefficient (Wildman–Crippen LogP) is 1.03. The summed E-state index contributed by atoms with van der Waals surface area (Å²) in [6, 6.07) is 0. The van der Waals surface area contributed by atoms with Gasteiger partial charge in [-0.15, -0.1) is 0 Å². The number of nitrogens with one attached hydrogen (secondary N) is 1. The van der Waals surface area contributed by atoms with Crippen LogP contribution in [-0.2, 0) is 4.79 Å². The summed E-state index contributed by atoms with van der Waals surface area (Å²) in [4.78, 5) is 17.0. The fraction of sp³-hybridized carbons (Fsp3) is 0.929. The molecular formula is C14H25N3O. The van der Waals surface area contributed by atoms with Crippen LogP contribution < -0.4 is 5.32 Å². The van der Waals surface area contributed by atoms with Crippen molar-refractivity contribution in [1.29, 1.82) is 0 Å². The molecule has 2 saturated heterocycles. The van der Waals surface area contributed by atoms with Crippen LogP contribution in [0.4, 0.5) is 0 Å². The molecular weight excluding hydrogens is 226 g/mol. The standard InChI is InChI=1S/C14H25N3O/c1-11(2)12-15-14(5-6-14)13(18)17(12)10-9-16-7-3-4-8-16/h11-12,15H,3-10H2,1-2H3. The van der Waals surface area contributed by atoms with Crippen molar-refractivity contribution in [1.82, 2.24) is 15.1 Å². The molecule has 0 radical (unpaired) electrons. The number of carbonyl (C=O) groups is 1. The molecule has 1 saturated carbocycles. The second-order valence-electron chi connectivity index (χ2n) is 6.46. The maximum atomic E-state index is 12.5. The molecule has 3 rings (SSSR count). The number of likely N-dealkylation sites (tertiary alicyclic amines) is 1. The Bertz CT molecular complexity index is 332. The topological polar surface area (TPSA) is 35.6 Å². The zero-order valence-corrected chi connectivity index (χ0v) is 11.6. The van der Waals surface area contributed by atoms with Gasteiger partial charge in [-0.3, -0.25) is 10.1 Å². The number of rotatable bonds is 4. The van der Waals surface area contributed by atoms with Gasteiger partial charge in [0.05, 0.1) is 11.7 Å². The van der Waals surface area contributed by atoms with E-state index in [-0.39, 0.29) is 11.7 Å². The first-order valence-electron chi connectivity index (χ1n) is 7.43. The number of hydrogen-bond donors (Lipinski definition) is 1. The van der Waals surface area contributed by atoms with Crippen LogP contribution >= 0.6 is 0 Å². The quantitative estimate of drug-likeness (QED) is 0.810. The Morgan fingerprint density at radius 3 is 2.50 bits per heavy atom. The predicted molar refractivity (Wildman–Crippen MR) is 71.1 cm³/mol. The van der Waals surface area contributed by atoms with E-state index < -0.39 is 0 Å². The van der Waals surface area contributed by atoms with Gasteiger partial charge in [-0.05, 0) is 44.7 Å². The monoisotopic (exact) mass is 251 g/mol. The molecule has 2 aliphatic heterocycles. The van der Waals surface area contributed by atoms with Gasteiger partial charge in [0.1, 0.15) is 0 Å². The molecule has 0 bridgehead atoms. The van der Waals surface area contributed by atoms with E-state index in [9.17, 15) is 4.79 Å². The molecule has 2 heterocycles. The Labute approximate surface area is 110 Å². The summed E-state index contributed by atoms with van der Waals surface area (Å²) in [5.74, 6) is 0.855. The molecule has 1 amide bonds. The molecule has 102 valence electrons. The molecule has 4 nitrogen and oxygen atoms in total. The fourth-order valence-corrected chi connectivity index (χ4v) is 3.33. The molecule has 1 spiro atoms. The van der Waals surface area contributed by atoms with Gasteiger partial charge in [0.25, 0.3) is 0 Å². The lowest BCUT2D eigenvalue weighted by atomic mass is 10.1. The van der Waals surface area contributed by atoms with Crippen molar-refractivity contribution in [3.05, 3.63) is 0 Å². The lowest BCUT2D eigenvalue weighted by molar-refractivity contribution is -0.131. The SMILES string of the molecule is CC(C)C1NC2(CC2)C(=O)N1CCN1CCCC1. The van der Waals surface area contributed by atoms with E-state index in [0.29, 0.717) is 11.8 Å². The Morgan fingerprint density at radius 2 is 1.94 bits per heavy atom. The molecule has 18 heavy (non-hydrogen) atoms.